The molecule has 0 amide bonds. The van der Waals surface area contributed by atoms with E-state index in [1.807, 2.05) is 31.2 Å². The third-order valence-electron chi connectivity index (χ3n) is 3.40. The number of hydrogen-bond acceptors (Lipinski definition) is 3. The van der Waals surface area contributed by atoms with Gasteiger partial charge in [0.25, 0.3) is 0 Å². The van der Waals surface area contributed by atoms with E-state index >= 15 is 0 Å². The number of sulfone groups is 1. The molecule has 0 saturated carbocycles. The molecule has 0 bridgehead atoms. The lowest BCUT2D eigenvalue weighted by Crippen LogP contribution is -2.05. The Morgan fingerprint density at radius 2 is 1.65 bits per heavy atom. The van der Waals surface area contributed by atoms with E-state index in [0.717, 1.165) is 17.3 Å². The van der Waals surface area contributed by atoms with Gasteiger partial charge < -0.3 is 9.72 Å². The Morgan fingerprint density at radius 1 is 1.00 bits per heavy atom. The minimum Gasteiger partial charge on any atom is -0.490 e. The number of nitrogens with one attached hydrogen (secondary N) is 1. The summed E-state index contributed by atoms with van der Waals surface area (Å²) in [5.41, 5.74) is 0.753. The molecule has 0 radical (unpaired) electrons. The van der Waals surface area contributed by atoms with Crippen molar-refractivity contribution in [2.45, 2.75) is 23.3 Å². The molecular formula is C17H18ClNO3S. The van der Waals surface area contributed by atoms with Gasteiger partial charge in [-0.25, -0.2) is 8.42 Å². The zero-order valence-electron chi connectivity index (χ0n) is 12.7. The van der Waals surface area contributed by atoms with E-state index in [4.69, 9.17) is 4.74 Å². The maximum Gasteiger partial charge on any atom is 0.225 e. The molecule has 0 aliphatic rings. The summed E-state index contributed by atoms with van der Waals surface area (Å²) in [5, 5.41) is 0.902. The molecule has 0 atom stereocenters. The zero-order valence-corrected chi connectivity index (χ0v) is 14.3. The molecule has 0 aliphatic carbocycles. The Morgan fingerprint density at radius 3 is 2.35 bits per heavy atom. The lowest BCUT2D eigenvalue weighted by Gasteiger charge is -2.08. The molecule has 0 unspecified atom stereocenters. The molecule has 3 aromatic rings. The van der Waals surface area contributed by atoms with E-state index in [9.17, 15) is 8.42 Å². The van der Waals surface area contributed by atoms with Gasteiger partial charge in [0.15, 0.2) is 10.8 Å². The van der Waals surface area contributed by atoms with Gasteiger partial charge in [0.2, 0.25) is 9.84 Å². The predicted octanol–water partition coefficient (Wildman–Crippen LogP) is 4.21. The van der Waals surface area contributed by atoms with Crippen LogP contribution in [0.15, 0.2) is 64.5 Å². The van der Waals surface area contributed by atoms with Crippen LogP contribution in [0.4, 0.5) is 0 Å². The van der Waals surface area contributed by atoms with Crippen LogP contribution in [-0.4, -0.2) is 20.0 Å². The van der Waals surface area contributed by atoms with Gasteiger partial charge in [0, 0.05) is 5.39 Å². The number of halogens is 1. The highest BCUT2D eigenvalue weighted by Gasteiger charge is 2.26. The smallest absolute Gasteiger partial charge is 0.225 e. The van der Waals surface area contributed by atoms with Gasteiger partial charge in [-0.15, -0.1) is 12.4 Å². The van der Waals surface area contributed by atoms with Crippen molar-refractivity contribution in [1.82, 2.24) is 4.98 Å². The molecular weight excluding hydrogens is 334 g/mol. The van der Waals surface area contributed by atoms with E-state index in [2.05, 4.69) is 4.98 Å². The molecule has 6 heteroatoms. The number of benzene rings is 2. The van der Waals surface area contributed by atoms with Crippen molar-refractivity contribution in [2.75, 3.05) is 6.61 Å². The van der Waals surface area contributed by atoms with Crippen molar-refractivity contribution in [2.24, 2.45) is 0 Å². The Kier molecular flexibility index (Phi) is 5.34. The van der Waals surface area contributed by atoms with Crippen LogP contribution in [0.25, 0.3) is 10.9 Å². The fourth-order valence-corrected chi connectivity index (χ4v) is 3.75. The lowest BCUT2D eigenvalue weighted by molar-refractivity contribution is 0.312. The topological polar surface area (TPSA) is 59.2 Å². The molecule has 0 fully saturated rings. The van der Waals surface area contributed by atoms with E-state index in [0.29, 0.717) is 12.4 Å². The summed E-state index contributed by atoms with van der Waals surface area (Å²) in [6.07, 6.45) is 0.810. The lowest BCUT2D eigenvalue weighted by atomic mass is 10.2. The molecule has 2 aromatic carbocycles. The molecule has 0 saturated heterocycles. The minimum absolute atomic E-state index is 0. The van der Waals surface area contributed by atoms with Crippen LogP contribution >= 0.6 is 12.4 Å². The second-order valence-corrected chi connectivity index (χ2v) is 6.88. The zero-order chi connectivity index (χ0) is 15.6. The van der Waals surface area contributed by atoms with Crippen LogP contribution in [-0.2, 0) is 9.84 Å². The second-order valence-electron chi connectivity index (χ2n) is 4.99. The van der Waals surface area contributed by atoms with Crippen molar-refractivity contribution in [3.63, 3.8) is 0 Å². The normalized spacial score (nSPS) is 11.2. The number of para-hydroxylation sites is 1. The van der Waals surface area contributed by atoms with Gasteiger partial charge in [-0.2, -0.15) is 0 Å². The number of aromatic amines is 1. The number of fused-ring (bicyclic) bond motifs is 1. The number of hydrogen-bond donors (Lipinski definition) is 1. The fourth-order valence-electron chi connectivity index (χ4n) is 2.35. The van der Waals surface area contributed by atoms with Gasteiger partial charge in [0.05, 0.1) is 17.0 Å². The Labute approximate surface area is 141 Å². The third-order valence-corrected chi connectivity index (χ3v) is 5.12. The highest BCUT2D eigenvalue weighted by atomic mass is 35.5. The second kappa shape index (κ2) is 7.06. The molecule has 1 aromatic heterocycles. The summed E-state index contributed by atoms with van der Waals surface area (Å²) >= 11 is 0. The summed E-state index contributed by atoms with van der Waals surface area (Å²) in [4.78, 5) is 3.25. The van der Waals surface area contributed by atoms with Gasteiger partial charge in [-0.3, -0.25) is 0 Å². The number of aromatic nitrogens is 1. The quantitative estimate of drug-likeness (QED) is 0.749. The molecule has 1 heterocycles. The maximum absolute atomic E-state index is 12.9. The van der Waals surface area contributed by atoms with E-state index < -0.39 is 9.84 Å². The molecule has 4 nitrogen and oxygen atoms in total. The fraction of sp³-hybridized carbons (Fsp3) is 0.176. The third kappa shape index (κ3) is 3.21. The van der Waals surface area contributed by atoms with Crippen molar-refractivity contribution in [1.29, 1.82) is 0 Å². The first kappa shape index (κ1) is 17.4. The molecule has 23 heavy (non-hydrogen) atoms. The van der Waals surface area contributed by atoms with Gasteiger partial charge >= 0.3 is 0 Å². The molecule has 1 N–H and O–H groups in total. The molecule has 0 aliphatic heterocycles. The first-order valence-electron chi connectivity index (χ1n) is 7.18. The van der Waals surface area contributed by atoms with Gasteiger partial charge in [0.1, 0.15) is 0 Å². The summed E-state index contributed by atoms with van der Waals surface area (Å²) in [6.45, 7) is 2.46. The summed E-state index contributed by atoms with van der Waals surface area (Å²) in [7, 11) is -3.64. The van der Waals surface area contributed by atoms with Crippen LogP contribution in [0.5, 0.6) is 5.75 Å². The highest BCUT2D eigenvalue weighted by molar-refractivity contribution is 7.91. The Bertz CT molecular complexity index is 889. The van der Waals surface area contributed by atoms with Crippen LogP contribution in [0.2, 0.25) is 0 Å². The molecule has 122 valence electrons. The van der Waals surface area contributed by atoms with Crippen molar-refractivity contribution in [3.05, 3.63) is 54.6 Å². The first-order chi connectivity index (χ1) is 10.6. The number of H-pyrrole nitrogens is 1. The monoisotopic (exact) mass is 351 g/mol. The number of ether oxygens (including phenoxy) is 1. The van der Waals surface area contributed by atoms with Crippen molar-refractivity contribution in [3.8, 4) is 5.75 Å². The van der Waals surface area contributed by atoms with Crippen molar-refractivity contribution < 1.29 is 13.2 Å². The van der Waals surface area contributed by atoms with Crippen LogP contribution in [0.3, 0.4) is 0 Å². The largest absolute Gasteiger partial charge is 0.490 e. The Hall–Kier alpha value is -1.98. The van der Waals surface area contributed by atoms with Crippen molar-refractivity contribution >= 4 is 33.1 Å². The van der Waals surface area contributed by atoms with E-state index in [1.165, 1.54) is 0 Å². The minimum atomic E-state index is -3.64. The summed E-state index contributed by atoms with van der Waals surface area (Å²) in [6, 6.07) is 15.8. The van der Waals surface area contributed by atoms with Gasteiger partial charge in [-0.05, 0) is 30.7 Å². The SMILES string of the molecule is CCCOc1c(S(=O)(=O)c2ccccc2)[nH]c2ccccc12.Cl. The van der Waals surface area contributed by atoms with E-state index in [1.54, 1.807) is 30.3 Å². The Balaban J connectivity index is 0.00000192. The maximum atomic E-state index is 12.9. The van der Waals surface area contributed by atoms with Crippen LogP contribution in [0, 0.1) is 0 Å². The predicted molar refractivity (Wildman–Crippen MR) is 93.2 cm³/mol. The standard InChI is InChI=1S/C17H17NO3S.ClH/c1-2-12-21-16-14-10-6-7-11-15(14)18-17(16)22(19,20)13-8-4-3-5-9-13;/h3-11,18H,2,12H2,1H3;1H. The van der Waals surface area contributed by atoms with Crippen LogP contribution in [0.1, 0.15) is 13.3 Å². The highest BCUT2D eigenvalue weighted by Crippen LogP contribution is 2.36. The van der Waals surface area contributed by atoms with E-state index in [-0.39, 0.29) is 22.3 Å². The average Bonchev–Trinajstić information content (AvgIpc) is 2.93. The summed E-state index contributed by atoms with van der Waals surface area (Å²) in [5.74, 6) is 0.404. The van der Waals surface area contributed by atoms with Crippen LogP contribution < -0.4 is 4.74 Å². The first-order valence-corrected chi connectivity index (χ1v) is 8.66. The average molecular weight is 352 g/mol. The van der Waals surface area contributed by atoms with Gasteiger partial charge in [-0.1, -0.05) is 37.3 Å². The number of rotatable bonds is 5. The summed E-state index contributed by atoms with van der Waals surface area (Å²) < 4.78 is 31.5. The molecule has 0 spiro atoms. The molecule has 3 rings (SSSR count).